The van der Waals surface area contributed by atoms with Crippen LogP contribution in [0.15, 0.2) is 73.1 Å². The van der Waals surface area contributed by atoms with E-state index in [1.54, 1.807) is 20.5 Å². The Hall–Kier alpha value is -3.24. The van der Waals surface area contributed by atoms with Gasteiger partial charge in [0.1, 0.15) is 11.5 Å². The predicted octanol–water partition coefficient (Wildman–Crippen LogP) is 6.08. The van der Waals surface area contributed by atoms with E-state index >= 15 is 0 Å². The van der Waals surface area contributed by atoms with Gasteiger partial charge < -0.3 is 14.5 Å². The van der Waals surface area contributed by atoms with Crippen LogP contribution in [0.5, 0.6) is 11.5 Å². The Morgan fingerprint density at radius 3 is 2.14 bits per heavy atom. The number of halogens is 1. The maximum atomic E-state index is 6.52. The molecular formula is C23H19ClN2O2. The van der Waals surface area contributed by atoms with Crippen molar-refractivity contribution in [1.82, 2.24) is 9.97 Å². The molecule has 4 aromatic rings. The Kier molecular flexibility index (Phi) is 5.04. The van der Waals surface area contributed by atoms with Crippen LogP contribution < -0.4 is 9.47 Å². The molecule has 0 aliphatic heterocycles. The van der Waals surface area contributed by atoms with Gasteiger partial charge in [-0.3, -0.25) is 0 Å². The number of rotatable bonds is 5. The number of nitrogens with zero attached hydrogens (tertiary/aromatic N) is 1. The third kappa shape index (κ3) is 3.12. The fourth-order valence-corrected chi connectivity index (χ4v) is 3.63. The summed E-state index contributed by atoms with van der Waals surface area (Å²) in [5.74, 6) is 1.50. The van der Waals surface area contributed by atoms with Gasteiger partial charge in [0.25, 0.3) is 0 Å². The predicted molar refractivity (Wildman–Crippen MR) is 113 cm³/mol. The zero-order chi connectivity index (χ0) is 19.5. The lowest BCUT2D eigenvalue weighted by Gasteiger charge is -2.16. The first kappa shape index (κ1) is 18.1. The van der Waals surface area contributed by atoms with Gasteiger partial charge in [-0.15, -0.1) is 0 Å². The number of para-hydroxylation sites is 1. The van der Waals surface area contributed by atoms with E-state index in [1.807, 2.05) is 66.7 Å². The average Bonchev–Trinajstić information content (AvgIpc) is 3.23. The lowest BCUT2D eigenvalue weighted by atomic mass is 9.94. The van der Waals surface area contributed by atoms with Crippen LogP contribution in [0.4, 0.5) is 0 Å². The van der Waals surface area contributed by atoms with Crippen LogP contribution in [-0.2, 0) is 0 Å². The molecule has 0 saturated carbocycles. The van der Waals surface area contributed by atoms with Crippen molar-refractivity contribution >= 4 is 11.6 Å². The largest absolute Gasteiger partial charge is 0.496 e. The van der Waals surface area contributed by atoms with Crippen LogP contribution in [0.2, 0.25) is 5.02 Å². The molecule has 0 atom stereocenters. The normalized spacial score (nSPS) is 10.7. The number of aromatic amines is 1. The minimum atomic E-state index is 0.659. The number of hydrogen-bond acceptors (Lipinski definition) is 3. The third-order valence-electron chi connectivity index (χ3n) is 4.66. The summed E-state index contributed by atoms with van der Waals surface area (Å²) in [6.07, 6.45) is 1.69. The molecule has 0 fully saturated rings. The lowest BCUT2D eigenvalue weighted by Crippen LogP contribution is -1.94. The summed E-state index contributed by atoms with van der Waals surface area (Å²) in [4.78, 5) is 7.86. The second-order valence-electron chi connectivity index (χ2n) is 6.19. The fourth-order valence-electron chi connectivity index (χ4n) is 3.40. The zero-order valence-electron chi connectivity index (χ0n) is 15.6. The molecule has 1 aromatic heterocycles. The second kappa shape index (κ2) is 7.79. The Balaban J connectivity index is 1.98. The molecule has 3 aromatic carbocycles. The van der Waals surface area contributed by atoms with Crippen molar-refractivity contribution in [2.45, 2.75) is 0 Å². The molecule has 28 heavy (non-hydrogen) atoms. The summed E-state index contributed by atoms with van der Waals surface area (Å²) in [5.41, 5.74) is 5.35. The summed E-state index contributed by atoms with van der Waals surface area (Å²) in [6.45, 7) is 0. The molecule has 5 heteroatoms. The van der Waals surface area contributed by atoms with Crippen LogP contribution in [0.1, 0.15) is 0 Å². The average molecular weight is 391 g/mol. The van der Waals surface area contributed by atoms with Crippen LogP contribution in [0, 0.1) is 0 Å². The van der Waals surface area contributed by atoms with E-state index in [4.69, 9.17) is 21.1 Å². The van der Waals surface area contributed by atoms with E-state index in [0.29, 0.717) is 5.02 Å². The summed E-state index contributed by atoms with van der Waals surface area (Å²) in [5, 5.41) is 0.659. The van der Waals surface area contributed by atoms with E-state index in [-0.39, 0.29) is 0 Å². The molecule has 4 nitrogen and oxygen atoms in total. The van der Waals surface area contributed by atoms with Gasteiger partial charge in [0.05, 0.1) is 31.9 Å². The number of H-pyrrole nitrogens is 1. The van der Waals surface area contributed by atoms with Gasteiger partial charge in [-0.05, 0) is 24.3 Å². The van der Waals surface area contributed by atoms with Crippen LogP contribution in [0.25, 0.3) is 33.6 Å². The number of hydrogen-bond donors (Lipinski definition) is 1. The lowest BCUT2D eigenvalue weighted by molar-refractivity contribution is 0.416. The second-order valence-corrected chi connectivity index (χ2v) is 6.60. The first-order chi connectivity index (χ1) is 13.7. The first-order valence-corrected chi connectivity index (χ1v) is 9.21. The molecule has 0 unspecified atom stereocenters. The van der Waals surface area contributed by atoms with Crippen LogP contribution >= 0.6 is 11.6 Å². The SMILES string of the molecule is COc1ccccc1-c1nc[nH]c1-c1cccc(OC)c1-c1ccccc1Cl. The van der Waals surface area contributed by atoms with Crippen molar-refractivity contribution in [3.05, 3.63) is 78.1 Å². The van der Waals surface area contributed by atoms with Crippen LogP contribution in [0.3, 0.4) is 0 Å². The molecule has 0 bridgehead atoms. The topological polar surface area (TPSA) is 47.1 Å². The molecule has 0 radical (unpaired) electrons. The molecule has 0 aliphatic rings. The van der Waals surface area contributed by atoms with E-state index in [2.05, 4.69) is 9.97 Å². The molecule has 0 saturated heterocycles. The molecule has 0 spiro atoms. The summed E-state index contributed by atoms with van der Waals surface area (Å²) < 4.78 is 11.2. The Morgan fingerprint density at radius 1 is 0.750 bits per heavy atom. The summed E-state index contributed by atoms with van der Waals surface area (Å²) in [7, 11) is 3.32. The van der Waals surface area contributed by atoms with Gasteiger partial charge in [0.15, 0.2) is 0 Å². The Bertz CT molecular complexity index is 1120. The monoisotopic (exact) mass is 390 g/mol. The standard InChI is InChI=1S/C23H19ClN2O2/c1-27-19-12-6-4-9-16(19)22-23(26-14-25-22)17-10-7-13-20(28-2)21(17)15-8-3-5-11-18(15)24/h3-14H,1-2H3,(H,25,26). The van der Waals surface area contributed by atoms with E-state index in [9.17, 15) is 0 Å². The molecule has 0 aliphatic carbocycles. The Morgan fingerprint density at radius 2 is 1.39 bits per heavy atom. The number of aromatic nitrogens is 2. The van der Waals surface area contributed by atoms with Gasteiger partial charge >= 0.3 is 0 Å². The fraction of sp³-hybridized carbons (Fsp3) is 0.0870. The highest BCUT2D eigenvalue weighted by molar-refractivity contribution is 6.33. The van der Waals surface area contributed by atoms with Crippen molar-refractivity contribution in [1.29, 1.82) is 0 Å². The summed E-state index contributed by atoms with van der Waals surface area (Å²) >= 11 is 6.52. The minimum absolute atomic E-state index is 0.659. The van der Waals surface area contributed by atoms with E-state index in [0.717, 1.165) is 45.1 Å². The number of methoxy groups -OCH3 is 2. The van der Waals surface area contributed by atoms with E-state index in [1.165, 1.54) is 0 Å². The maximum absolute atomic E-state index is 6.52. The first-order valence-electron chi connectivity index (χ1n) is 8.83. The van der Waals surface area contributed by atoms with Crippen molar-refractivity contribution < 1.29 is 9.47 Å². The molecule has 4 rings (SSSR count). The van der Waals surface area contributed by atoms with Gasteiger partial charge in [-0.1, -0.05) is 54.1 Å². The number of ether oxygens (including phenoxy) is 2. The molecule has 1 N–H and O–H groups in total. The summed E-state index contributed by atoms with van der Waals surface area (Å²) in [6, 6.07) is 21.5. The van der Waals surface area contributed by atoms with Crippen molar-refractivity contribution in [3.63, 3.8) is 0 Å². The van der Waals surface area contributed by atoms with Gasteiger partial charge in [0, 0.05) is 27.3 Å². The van der Waals surface area contributed by atoms with Crippen molar-refractivity contribution in [2.24, 2.45) is 0 Å². The smallest absolute Gasteiger partial charge is 0.128 e. The highest BCUT2D eigenvalue weighted by Gasteiger charge is 2.21. The maximum Gasteiger partial charge on any atom is 0.128 e. The number of imidazole rings is 1. The van der Waals surface area contributed by atoms with Gasteiger partial charge in [0.2, 0.25) is 0 Å². The quantitative estimate of drug-likeness (QED) is 0.449. The van der Waals surface area contributed by atoms with Gasteiger partial charge in [-0.2, -0.15) is 0 Å². The van der Waals surface area contributed by atoms with Crippen LogP contribution in [-0.4, -0.2) is 24.2 Å². The van der Waals surface area contributed by atoms with Crippen molar-refractivity contribution in [3.8, 4) is 45.1 Å². The molecule has 0 amide bonds. The highest BCUT2D eigenvalue weighted by Crippen LogP contribution is 2.44. The molecule has 1 heterocycles. The number of benzene rings is 3. The molecule has 140 valence electrons. The van der Waals surface area contributed by atoms with E-state index < -0.39 is 0 Å². The number of nitrogens with one attached hydrogen (secondary N) is 1. The van der Waals surface area contributed by atoms with Gasteiger partial charge in [-0.25, -0.2) is 4.98 Å². The zero-order valence-corrected chi connectivity index (χ0v) is 16.3. The third-order valence-corrected chi connectivity index (χ3v) is 4.99. The highest BCUT2D eigenvalue weighted by atomic mass is 35.5. The minimum Gasteiger partial charge on any atom is -0.496 e. The molecular weight excluding hydrogens is 372 g/mol. The van der Waals surface area contributed by atoms with Crippen molar-refractivity contribution in [2.75, 3.05) is 14.2 Å². The Labute approximate surface area is 168 Å².